The lowest BCUT2D eigenvalue weighted by Gasteiger charge is -2.18. The summed E-state index contributed by atoms with van der Waals surface area (Å²) in [6.07, 6.45) is 2.92. The zero-order valence-electron chi connectivity index (χ0n) is 16.0. The standard InChI is InChI=1S/C23H25N3O2/c1-2-20-15-23(28)26(17-25-20)16-22(27)24-14-13-21(18-9-5-3-6-10-18)19-11-7-4-8-12-19/h3-12,15,17,21H,2,13-14,16H2,1H3,(H,24,27). The minimum atomic E-state index is -0.201. The maximum Gasteiger partial charge on any atom is 0.253 e. The van der Waals surface area contributed by atoms with Gasteiger partial charge in [-0.2, -0.15) is 0 Å². The van der Waals surface area contributed by atoms with Gasteiger partial charge in [0.1, 0.15) is 6.54 Å². The van der Waals surface area contributed by atoms with Crippen LogP contribution in [0.1, 0.15) is 36.1 Å². The fraction of sp³-hybridized carbons (Fsp3) is 0.261. The number of carbonyl (C=O) groups excluding carboxylic acids is 1. The van der Waals surface area contributed by atoms with E-state index in [-0.39, 0.29) is 23.9 Å². The van der Waals surface area contributed by atoms with Crippen LogP contribution in [0.15, 0.2) is 77.9 Å². The van der Waals surface area contributed by atoms with Gasteiger partial charge >= 0.3 is 0 Å². The first kappa shape index (κ1) is 19.5. The number of aromatic nitrogens is 2. The molecule has 1 amide bonds. The molecule has 1 heterocycles. The Balaban J connectivity index is 1.61. The van der Waals surface area contributed by atoms with E-state index in [4.69, 9.17) is 0 Å². The van der Waals surface area contributed by atoms with Crippen LogP contribution < -0.4 is 10.9 Å². The van der Waals surface area contributed by atoms with Crippen molar-refractivity contribution in [3.05, 3.63) is 100 Å². The molecule has 1 N–H and O–H groups in total. The zero-order chi connectivity index (χ0) is 19.8. The molecule has 0 fully saturated rings. The lowest BCUT2D eigenvalue weighted by atomic mass is 9.88. The average molecular weight is 375 g/mol. The molecule has 0 bridgehead atoms. The SMILES string of the molecule is CCc1cc(=O)n(CC(=O)NCCC(c2ccccc2)c2ccccc2)cn1. The normalized spacial score (nSPS) is 10.8. The van der Waals surface area contributed by atoms with Gasteiger partial charge in [-0.25, -0.2) is 4.98 Å². The van der Waals surface area contributed by atoms with E-state index in [2.05, 4.69) is 34.6 Å². The maximum atomic E-state index is 12.3. The summed E-state index contributed by atoms with van der Waals surface area (Å²) in [7, 11) is 0. The van der Waals surface area contributed by atoms with Crippen LogP contribution in [-0.4, -0.2) is 22.0 Å². The molecule has 2 aromatic carbocycles. The zero-order valence-corrected chi connectivity index (χ0v) is 16.0. The number of hydrogen-bond donors (Lipinski definition) is 1. The lowest BCUT2D eigenvalue weighted by Crippen LogP contribution is -2.33. The molecule has 1 aromatic heterocycles. The van der Waals surface area contributed by atoms with E-state index < -0.39 is 0 Å². The van der Waals surface area contributed by atoms with Crippen molar-refractivity contribution in [1.29, 1.82) is 0 Å². The molecule has 28 heavy (non-hydrogen) atoms. The van der Waals surface area contributed by atoms with E-state index in [9.17, 15) is 9.59 Å². The van der Waals surface area contributed by atoms with Crippen LogP contribution in [0.4, 0.5) is 0 Å². The van der Waals surface area contributed by atoms with Gasteiger partial charge in [0.25, 0.3) is 5.56 Å². The van der Waals surface area contributed by atoms with Gasteiger partial charge in [0.15, 0.2) is 0 Å². The second-order valence-corrected chi connectivity index (χ2v) is 6.71. The summed E-state index contributed by atoms with van der Waals surface area (Å²) in [4.78, 5) is 28.5. The first-order valence-electron chi connectivity index (χ1n) is 9.59. The Morgan fingerprint density at radius 3 is 2.18 bits per heavy atom. The van der Waals surface area contributed by atoms with E-state index in [1.165, 1.54) is 28.1 Å². The second kappa shape index (κ2) is 9.65. The van der Waals surface area contributed by atoms with Gasteiger partial charge in [0, 0.05) is 24.2 Å². The maximum absolute atomic E-state index is 12.3. The molecule has 0 saturated heterocycles. The molecule has 0 spiro atoms. The van der Waals surface area contributed by atoms with Crippen molar-refractivity contribution in [2.75, 3.05) is 6.54 Å². The molecule has 0 aliphatic carbocycles. The number of nitrogens with one attached hydrogen (secondary N) is 1. The van der Waals surface area contributed by atoms with Crippen molar-refractivity contribution < 1.29 is 4.79 Å². The number of benzene rings is 2. The number of hydrogen-bond acceptors (Lipinski definition) is 3. The number of rotatable bonds is 8. The molecule has 0 aliphatic rings. The van der Waals surface area contributed by atoms with E-state index >= 15 is 0 Å². The summed E-state index contributed by atoms with van der Waals surface area (Å²) in [6.45, 7) is 2.45. The molecule has 0 atom stereocenters. The first-order chi connectivity index (χ1) is 13.7. The molecular formula is C23H25N3O2. The molecule has 0 saturated carbocycles. The molecule has 5 nitrogen and oxygen atoms in total. The summed E-state index contributed by atoms with van der Waals surface area (Å²) >= 11 is 0. The van der Waals surface area contributed by atoms with E-state index in [0.717, 1.165) is 12.1 Å². The summed E-state index contributed by atoms with van der Waals surface area (Å²) < 4.78 is 1.33. The smallest absolute Gasteiger partial charge is 0.253 e. The van der Waals surface area contributed by atoms with Gasteiger partial charge in [0.2, 0.25) is 5.91 Å². The van der Waals surface area contributed by atoms with Gasteiger partial charge < -0.3 is 5.32 Å². The summed E-state index contributed by atoms with van der Waals surface area (Å²) in [5, 5.41) is 2.93. The Bertz CT molecular complexity index is 913. The van der Waals surface area contributed by atoms with Crippen LogP contribution in [-0.2, 0) is 17.8 Å². The summed E-state index contributed by atoms with van der Waals surface area (Å²) in [5.74, 6) is 0.0175. The van der Waals surface area contributed by atoms with Crippen LogP contribution in [0.3, 0.4) is 0 Å². The van der Waals surface area contributed by atoms with Crippen LogP contribution in [0.2, 0.25) is 0 Å². The molecule has 0 radical (unpaired) electrons. The predicted molar refractivity (Wildman–Crippen MR) is 110 cm³/mol. The summed E-state index contributed by atoms with van der Waals surface area (Å²) in [6, 6.07) is 22.1. The molecule has 5 heteroatoms. The summed E-state index contributed by atoms with van der Waals surface area (Å²) in [5.41, 5.74) is 2.97. The Morgan fingerprint density at radius 1 is 1.04 bits per heavy atom. The van der Waals surface area contributed by atoms with Gasteiger partial charge in [-0.1, -0.05) is 67.6 Å². The fourth-order valence-electron chi connectivity index (χ4n) is 3.24. The van der Waals surface area contributed by atoms with E-state index in [0.29, 0.717) is 13.0 Å². The number of aryl methyl sites for hydroxylation is 1. The molecule has 3 rings (SSSR count). The van der Waals surface area contributed by atoms with Crippen molar-refractivity contribution in [1.82, 2.24) is 14.9 Å². The molecule has 144 valence electrons. The first-order valence-corrected chi connectivity index (χ1v) is 9.59. The van der Waals surface area contributed by atoms with E-state index in [1.807, 2.05) is 43.3 Å². The Labute approximate surface area is 165 Å². The van der Waals surface area contributed by atoms with Crippen LogP contribution >= 0.6 is 0 Å². The van der Waals surface area contributed by atoms with Crippen molar-refractivity contribution in [3.63, 3.8) is 0 Å². The molecule has 0 aliphatic heterocycles. The van der Waals surface area contributed by atoms with Gasteiger partial charge in [-0.15, -0.1) is 0 Å². The fourth-order valence-corrected chi connectivity index (χ4v) is 3.24. The average Bonchev–Trinajstić information content (AvgIpc) is 2.74. The Kier molecular flexibility index (Phi) is 6.73. The Hall–Kier alpha value is -3.21. The van der Waals surface area contributed by atoms with Gasteiger partial charge in [0.05, 0.1) is 6.33 Å². The highest BCUT2D eigenvalue weighted by Gasteiger charge is 2.14. The van der Waals surface area contributed by atoms with Crippen molar-refractivity contribution in [2.24, 2.45) is 0 Å². The molecule has 3 aromatic rings. The van der Waals surface area contributed by atoms with Crippen LogP contribution in [0.25, 0.3) is 0 Å². The number of amides is 1. The predicted octanol–water partition coefficient (Wildman–Crippen LogP) is 3.14. The highest BCUT2D eigenvalue weighted by atomic mass is 16.2. The number of carbonyl (C=O) groups is 1. The number of nitrogens with zero attached hydrogens (tertiary/aromatic N) is 2. The van der Waals surface area contributed by atoms with Crippen LogP contribution in [0.5, 0.6) is 0 Å². The van der Waals surface area contributed by atoms with Crippen molar-refractivity contribution >= 4 is 5.91 Å². The third-order valence-electron chi connectivity index (χ3n) is 4.77. The highest BCUT2D eigenvalue weighted by Crippen LogP contribution is 2.27. The Morgan fingerprint density at radius 2 is 1.64 bits per heavy atom. The van der Waals surface area contributed by atoms with Gasteiger partial charge in [-0.05, 0) is 24.0 Å². The quantitative estimate of drug-likeness (QED) is 0.658. The third-order valence-corrected chi connectivity index (χ3v) is 4.77. The highest BCUT2D eigenvalue weighted by molar-refractivity contribution is 5.75. The largest absolute Gasteiger partial charge is 0.355 e. The second-order valence-electron chi connectivity index (χ2n) is 6.71. The van der Waals surface area contributed by atoms with E-state index in [1.54, 1.807) is 0 Å². The minimum Gasteiger partial charge on any atom is -0.355 e. The molecule has 0 unspecified atom stereocenters. The monoisotopic (exact) mass is 375 g/mol. The molecular weight excluding hydrogens is 350 g/mol. The third kappa shape index (κ3) is 5.16. The van der Waals surface area contributed by atoms with Crippen molar-refractivity contribution in [3.8, 4) is 0 Å². The van der Waals surface area contributed by atoms with Crippen molar-refractivity contribution in [2.45, 2.75) is 32.2 Å². The lowest BCUT2D eigenvalue weighted by molar-refractivity contribution is -0.121. The topological polar surface area (TPSA) is 64.0 Å². The van der Waals surface area contributed by atoms with Gasteiger partial charge in [-0.3, -0.25) is 14.2 Å². The van der Waals surface area contributed by atoms with Crippen LogP contribution in [0, 0.1) is 0 Å². The minimum absolute atomic E-state index is 0.0167.